The Labute approximate surface area is 109 Å². The lowest BCUT2D eigenvalue weighted by Gasteiger charge is -2.21. The summed E-state index contributed by atoms with van der Waals surface area (Å²) in [5.41, 5.74) is -5.18. The summed E-state index contributed by atoms with van der Waals surface area (Å²) < 4.78 is 76.7. The molecular weight excluding hydrogens is 290 g/mol. The van der Waals surface area contributed by atoms with Crippen molar-refractivity contribution in [3.05, 3.63) is 34.9 Å². The van der Waals surface area contributed by atoms with Crippen LogP contribution in [0, 0.1) is 0 Å². The van der Waals surface area contributed by atoms with Crippen LogP contribution in [-0.4, -0.2) is 17.3 Å². The molecule has 0 aromatic heterocycles. The van der Waals surface area contributed by atoms with Crippen molar-refractivity contribution in [3.8, 4) is 0 Å². The lowest BCUT2D eigenvalue weighted by molar-refractivity contribution is -0.161. The second-order valence-electron chi connectivity index (χ2n) is 4.68. The molecule has 2 rings (SSSR count). The molecule has 2 nitrogen and oxygen atoms in total. The number of hydrogen-bond donors (Lipinski definition) is 1. The minimum atomic E-state index is -4.90. The van der Waals surface area contributed by atoms with Crippen LogP contribution in [0.25, 0.3) is 0 Å². The van der Waals surface area contributed by atoms with Gasteiger partial charge in [0, 0.05) is 0 Å². The van der Waals surface area contributed by atoms with E-state index >= 15 is 0 Å². The second-order valence-corrected chi connectivity index (χ2v) is 4.68. The number of carboxylic acid groups (broad SMARTS) is 1. The summed E-state index contributed by atoms with van der Waals surface area (Å²) >= 11 is 0. The number of carboxylic acids is 1. The molecule has 20 heavy (non-hydrogen) atoms. The summed E-state index contributed by atoms with van der Waals surface area (Å²) in [7, 11) is 0. The van der Waals surface area contributed by atoms with Gasteiger partial charge in [-0.3, -0.25) is 0 Å². The smallest absolute Gasteiger partial charge is 0.416 e. The number of carbonyl (C=O) groups is 1. The third-order valence-corrected chi connectivity index (χ3v) is 3.35. The Hall–Kier alpha value is -1.73. The SMILES string of the molecule is O=C(O)c1cc(C(F)(F)F)cc(C2(C(F)(F)F)CC2)c1. The summed E-state index contributed by atoms with van der Waals surface area (Å²) in [5, 5.41) is 8.74. The minimum Gasteiger partial charge on any atom is -0.478 e. The zero-order chi connectivity index (χ0) is 15.3. The summed E-state index contributed by atoms with van der Waals surface area (Å²) in [5.74, 6) is -1.70. The minimum absolute atomic E-state index is 0.332. The van der Waals surface area contributed by atoms with Crippen LogP contribution < -0.4 is 0 Å². The average Bonchev–Trinajstić information content (AvgIpc) is 3.07. The third kappa shape index (κ3) is 2.34. The van der Waals surface area contributed by atoms with Crippen LogP contribution >= 0.6 is 0 Å². The third-order valence-electron chi connectivity index (χ3n) is 3.35. The number of benzene rings is 1. The van der Waals surface area contributed by atoms with Crippen LogP contribution in [-0.2, 0) is 11.6 Å². The normalized spacial score (nSPS) is 17.9. The highest BCUT2D eigenvalue weighted by molar-refractivity contribution is 5.88. The fourth-order valence-electron chi connectivity index (χ4n) is 2.05. The molecule has 8 heteroatoms. The molecule has 1 aliphatic carbocycles. The van der Waals surface area contributed by atoms with Gasteiger partial charge in [-0.25, -0.2) is 4.79 Å². The molecule has 110 valence electrons. The van der Waals surface area contributed by atoms with E-state index in [0.717, 1.165) is 0 Å². The van der Waals surface area contributed by atoms with E-state index in [1.54, 1.807) is 0 Å². The van der Waals surface area contributed by atoms with Crippen molar-refractivity contribution in [2.75, 3.05) is 0 Å². The Morgan fingerprint density at radius 3 is 1.95 bits per heavy atom. The Morgan fingerprint density at radius 2 is 1.60 bits per heavy atom. The molecule has 0 atom stereocenters. The average molecular weight is 298 g/mol. The van der Waals surface area contributed by atoms with Gasteiger partial charge < -0.3 is 5.11 Å². The number of alkyl halides is 6. The number of aromatic carboxylic acids is 1. The maximum Gasteiger partial charge on any atom is 0.416 e. The maximum absolute atomic E-state index is 12.9. The van der Waals surface area contributed by atoms with Gasteiger partial charge in [-0.05, 0) is 36.6 Å². The summed E-state index contributed by atoms with van der Waals surface area (Å²) in [6.45, 7) is 0. The Balaban J connectivity index is 2.60. The van der Waals surface area contributed by atoms with Crippen LogP contribution in [0.15, 0.2) is 18.2 Å². The first-order chi connectivity index (χ1) is 8.97. The fraction of sp³-hybridized carbons (Fsp3) is 0.417. The molecule has 1 aromatic rings. The van der Waals surface area contributed by atoms with E-state index in [0.29, 0.717) is 18.2 Å². The molecule has 1 fully saturated rings. The van der Waals surface area contributed by atoms with Gasteiger partial charge in [0.25, 0.3) is 0 Å². The molecule has 0 heterocycles. The van der Waals surface area contributed by atoms with Gasteiger partial charge in [-0.1, -0.05) is 0 Å². The van der Waals surface area contributed by atoms with E-state index < -0.39 is 40.4 Å². The van der Waals surface area contributed by atoms with Crippen molar-refractivity contribution < 1.29 is 36.2 Å². The molecule has 1 N–H and O–H groups in total. The van der Waals surface area contributed by atoms with Crippen molar-refractivity contribution in [2.24, 2.45) is 0 Å². The van der Waals surface area contributed by atoms with Gasteiger partial charge in [0.15, 0.2) is 0 Å². The zero-order valence-corrected chi connectivity index (χ0v) is 9.77. The molecule has 1 aliphatic rings. The van der Waals surface area contributed by atoms with Crippen LogP contribution in [0.4, 0.5) is 26.3 Å². The summed E-state index contributed by atoms with van der Waals surface area (Å²) in [4.78, 5) is 10.8. The van der Waals surface area contributed by atoms with E-state index in [-0.39, 0.29) is 12.8 Å². The molecule has 0 amide bonds. The predicted octanol–water partition coefficient (Wildman–Crippen LogP) is 4.00. The highest BCUT2D eigenvalue weighted by atomic mass is 19.4. The molecule has 0 aliphatic heterocycles. The number of halogens is 6. The lowest BCUT2D eigenvalue weighted by Crippen LogP contribution is -2.29. The van der Waals surface area contributed by atoms with Crippen molar-refractivity contribution >= 4 is 5.97 Å². The molecular formula is C12H8F6O2. The van der Waals surface area contributed by atoms with E-state index in [1.807, 2.05) is 0 Å². The Kier molecular flexibility index (Phi) is 3.03. The van der Waals surface area contributed by atoms with Gasteiger partial charge in [0.05, 0.1) is 16.5 Å². The van der Waals surface area contributed by atoms with Crippen LogP contribution in [0.1, 0.15) is 34.3 Å². The van der Waals surface area contributed by atoms with E-state index in [4.69, 9.17) is 5.11 Å². The van der Waals surface area contributed by atoms with Crippen molar-refractivity contribution in [2.45, 2.75) is 30.6 Å². The number of hydrogen-bond acceptors (Lipinski definition) is 1. The highest BCUT2D eigenvalue weighted by Crippen LogP contribution is 2.59. The highest BCUT2D eigenvalue weighted by Gasteiger charge is 2.64. The first-order valence-corrected chi connectivity index (χ1v) is 5.50. The molecule has 0 bridgehead atoms. The van der Waals surface area contributed by atoms with Crippen molar-refractivity contribution in [1.29, 1.82) is 0 Å². The Bertz CT molecular complexity index is 554. The van der Waals surface area contributed by atoms with E-state index in [2.05, 4.69) is 0 Å². The summed E-state index contributed by atoms with van der Waals surface area (Å²) in [6.07, 6.45) is -10.3. The van der Waals surface area contributed by atoms with Crippen molar-refractivity contribution in [3.63, 3.8) is 0 Å². The first-order valence-electron chi connectivity index (χ1n) is 5.50. The zero-order valence-electron chi connectivity index (χ0n) is 9.77. The molecule has 1 saturated carbocycles. The van der Waals surface area contributed by atoms with Crippen LogP contribution in [0.2, 0.25) is 0 Å². The van der Waals surface area contributed by atoms with E-state index in [1.165, 1.54) is 0 Å². The van der Waals surface area contributed by atoms with Crippen LogP contribution in [0.3, 0.4) is 0 Å². The number of rotatable bonds is 2. The monoisotopic (exact) mass is 298 g/mol. The summed E-state index contributed by atoms with van der Waals surface area (Å²) in [6, 6.07) is 1.38. The topological polar surface area (TPSA) is 37.3 Å². The van der Waals surface area contributed by atoms with Crippen molar-refractivity contribution in [1.82, 2.24) is 0 Å². The molecule has 0 radical (unpaired) electrons. The molecule has 0 unspecified atom stereocenters. The predicted molar refractivity (Wildman–Crippen MR) is 55.4 cm³/mol. The van der Waals surface area contributed by atoms with Crippen LogP contribution in [0.5, 0.6) is 0 Å². The lowest BCUT2D eigenvalue weighted by atomic mass is 9.91. The first kappa shape index (κ1) is 14.7. The maximum atomic E-state index is 12.9. The molecule has 1 aromatic carbocycles. The molecule has 0 spiro atoms. The largest absolute Gasteiger partial charge is 0.478 e. The van der Waals surface area contributed by atoms with E-state index in [9.17, 15) is 31.1 Å². The van der Waals surface area contributed by atoms with Gasteiger partial charge >= 0.3 is 18.3 Å². The van der Waals surface area contributed by atoms with Gasteiger partial charge in [-0.2, -0.15) is 26.3 Å². The van der Waals surface area contributed by atoms with Gasteiger partial charge in [0.1, 0.15) is 0 Å². The quantitative estimate of drug-likeness (QED) is 0.838. The van der Waals surface area contributed by atoms with Gasteiger partial charge in [0.2, 0.25) is 0 Å². The fourth-order valence-corrected chi connectivity index (χ4v) is 2.05. The Morgan fingerprint density at radius 1 is 1.05 bits per heavy atom. The molecule has 0 saturated heterocycles. The standard InChI is InChI=1S/C12H8F6O2/c13-11(14,15)8-4-6(9(19)20)3-7(5-8)10(1-2-10)12(16,17)18/h3-5H,1-2H2,(H,19,20). The van der Waals surface area contributed by atoms with Gasteiger partial charge in [-0.15, -0.1) is 0 Å². The second kappa shape index (κ2) is 4.13.